The highest BCUT2D eigenvalue weighted by Crippen LogP contribution is 2.16. The van der Waals surface area contributed by atoms with Crippen molar-refractivity contribution < 1.29 is 4.79 Å². The van der Waals surface area contributed by atoms with E-state index in [0.29, 0.717) is 17.8 Å². The van der Waals surface area contributed by atoms with Crippen LogP contribution in [0.1, 0.15) is 27.3 Å². The monoisotopic (exact) mass is 377 g/mol. The fraction of sp³-hybridized carbons (Fsp3) is 0.250. The van der Waals surface area contributed by atoms with Crippen LogP contribution < -0.4 is 16.0 Å². The summed E-state index contributed by atoms with van der Waals surface area (Å²) < 4.78 is 0. The Morgan fingerprint density at radius 1 is 1.14 bits per heavy atom. The molecule has 0 aliphatic carbocycles. The maximum Gasteiger partial charge on any atom is 0.254 e. The minimum Gasteiger partial charge on any atom is -0.368 e. The summed E-state index contributed by atoms with van der Waals surface area (Å²) in [5, 5.41) is 2.91. The molecule has 0 radical (unpaired) electrons. The van der Waals surface area contributed by atoms with E-state index in [1.165, 1.54) is 6.20 Å². The van der Waals surface area contributed by atoms with Crippen LogP contribution in [0.5, 0.6) is 0 Å². The number of nitrogen functional groups attached to an aromatic ring is 1. The van der Waals surface area contributed by atoms with Crippen molar-refractivity contribution in [1.29, 1.82) is 0 Å². The van der Waals surface area contributed by atoms with E-state index in [-0.39, 0.29) is 11.9 Å². The van der Waals surface area contributed by atoms with E-state index in [1.54, 1.807) is 19.3 Å². The summed E-state index contributed by atoms with van der Waals surface area (Å²) in [6, 6.07) is 9.69. The fourth-order valence-corrected chi connectivity index (χ4v) is 2.82. The molecule has 8 heteroatoms. The average Bonchev–Trinajstić information content (AvgIpc) is 2.71. The number of hydrogen-bond donors (Lipinski definition) is 2. The van der Waals surface area contributed by atoms with E-state index in [2.05, 4.69) is 30.2 Å². The highest BCUT2D eigenvalue weighted by Gasteiger charge is 2.14. The van der Waals surface area contributed by atoms with Gasteiger partial charge in [0.1, 0.15) is 5.82 Å². The number of pyridine rings is 2. The van der Waals surface area contributed by atoms with E-state index < -0.39 is 0 Å². The Bertz CT molecular complexity index is 946. The van der Waals surface area contributed by atoms with Gasteiger partial charge in [-0.2, -0.15) is 0 Å². The van der Waals surface area contributed by atoms with Crippen molar-refractivity contribution in [2.45, 2.75) is 19.9 Å². The number of carbonyl (C=O) groups excluding carboxylic acids is 1. The van der Waals surface area contributed by atoms with Crippen molar-refractivity contribution in [1.82, 2.24) is 25.3 Å². The van der Waals surface area contributed by atoms with Gasteiger partial charge in [-0.1, -0.05) is 12.1 Å². The van der Waals surface area contributed by atoms with Crippen LogP contribution in [0.15, 0.2) is 48.9 Å². The Balaban J connectivity index is 1.65. The molecule has 0 saturated carbocycles. The molecule has 144 valence electrons. The maximum atomic E-state index is 12.5. The summed E-state index contributed by atoms with van der Waals surface area (Å²) in [6.45, 7) is 2.84. The second-order valence-electron chi connectivity index (χ2n) is 6.39. The van der Waals surface area contributed by atoms with Gasteiger partial charge in [0.25, 0.3) is 5.91 Å². The van der Waals surface area contributed by atoms with Crippen LogP contribution in [-0.2, 0) is 13.0 Å². The molecule has 3 N–H and O–H groups in total. The van der Waals surface area contributed by atoms with Crippen LogP contribution in [0.4, 0.5) is 11.8 Å². The second-order valence-corrected chi connectivity index (χ2v) is 6.39. The predicted molar refractivity (Wildman–Crippen MR) is 108 cm³/mol. The number of likely N-dealkylation sites (N-methyl/N-ethyl adjacent to an activating group) is 1. The SMILES string of the molecule is Cc1nc(N)ncc1C(=O)NCc1cccnc1N(C)CCc1ccccn1. The van der Waals surface area contributed by atoms with E-state index >= 15 is 0 Å². The summed E-state index contributed by atoms with van der Waals surface area (Å²) in [5.74, 6) is 0.727. The van der Waals surface area contributed by atoms with E-state index in [1.807, 2.05) is 37.4 Å². The summed E-state index contributed by atoms with van der Waals surface area (Å²) >= 11 is 0. The summed E-state index contributed by atoms with van der Waals surface area (Å²) in [5.41, 5.74) is 8.45. The minimum atomic E-state index is -0.247. The number of nitrogens with zero attached hydrogens (tertiary/aromatic N) is 5. The van der Waals surface area contributed by atoms with Crippen molar-refractivity contribution in [2.75, 3.05) is 24.2 Å². The first-order chi connectivity index (χ1) is 13.5. The van der Waals surface area contributed by atoms with E-state index in [0.717, 1.165) is 30.0 Å². The number of nitrogens with one attached hydrogen (secondary N) is 1. The van der Waals surface area contributed by atoms with Gasteiger partial charge < -0.3 is 16.0 Å². The van der Waals surface area contributed by atoms with Crippen molar-refractivity contribution in [2.24, 2.45) is 0 Å². The van der Waals surface area contributed by atoms with Gasteiger partial charge in [-0.3, -0.25) is 9.78 Å². The summed E-state index contributed by atoms with van der Waals surface area (Å²) in [6.07, 6.45) is 5.79. The zero-order valence-electron chi connectivity index (χ0n) is 16.0. The lowest BCUT2D eigenvalue weighted by Crippen LogP contribution is -2.27. The molecule has 0 spiro atoms. The van der Waals surface area contributed by atoms with Crippen LogP contribution in [0.25, 0.3) is 0 Å². The van der Waals surface area contributed by atoms with Gasteiger partial charge >= 0.3 is 0 Å². The number of nitrogens with two attached hydrogens (primary N) is 1. The third-order valence-corrected chi connectivity index (χ3v) is 4.34. The molecule has 3 aromatic rings. The molecule has 1 amide bonds. The lowest BCUT2D eigenvalue weighted by atomic mass is 10.2. The van der Waals surface area contributed by atoms with Crippen LogP contribution in [-0.4, -0.2) is 39.4 Å². The van der Waals surface area contributed by atoms with Crippen LogP contribution in [0.2, 0.25) is 0 Å². The van der Waals surface area contributed by atoms with Gasteiger partial charge in [-0.05, 0) is 25.1 Å². The largest absolute Gasteiger partial charge is 0.368 e. The highest BCUT2D eigenvalue weighted by atomic mass is 16.1. The van der Waals surface area contributed by atoms with Crippen LogP contribution in [0.3, 0.4) is 0 Å². The Morgan fingerprint density at radius 2 is 1.96 bits per heavy atom. The zero-order chi connectivity index (χ0) is 19.9. The van der Waals surface area contributed by atoms with Crippen molar-refractivity contribution in [3.05, 3.63) is 71.4 Å². The highest BCUT2D eigenvalue weighted by molar-refractivity contribution is 5.95. The lowest BCUT2D eigenvalue weighted by molar-refractivity contribution is 0.0949. The summed E-state index contributed by atoms with van der Waals surface area (Å²) in [7, 11) is 1.98. The Morgan fingerprint density at radius 3 is 2.71 bits per heavy atom. The van der Waals surface area contributed by atoms with E-state index in [4.69, 9.17) is 5.73 Å². The number of aryl methyl sites for hydroxylation is 1. The Kier molecular flexibility index (Phi) is 6.11. The number of hydrogen-bond acceptors (Lipinski definition) is 7. The van der Waals surface area contributed by atoms with Gasteiger partial charge in [0.15, 0.2) is 0 Å². The topological polar surface area (TPSA) is 110 Å². The third kappa shape index (κ3) is 4.79. The molecular formula is C20H23N7O. The van der Waals surface area contributed by atoms with Crippen LogP contribution >= 0.6 is 0 Å². The van der Waals surface area contributed by atoms with Gasteiger partial charge in [0.2, 0.25) is 5.95 Å². The first kappa shape index (κ1) is 19.2. The number of anilines is 2. The molecule has 0 fully saturated rings. The molecule has 8 nitrogen and oxygen atoms in total. The van der Waals surface area contributed by atoms with Gasteiger partial charge in [0, 0.05) is 56.4 Å². The molecule has 0 aliphatic heterocycles. The number of amides is 1. The normalized spacial score (nSPS) is 10.5. The third-order valence-electron chi connectivity index (χ3n) is 4.34. The molecule has 3 heterocycles. The molecule has 3 rings (SSSR count). The van der Waals surface area contributed by atoms with Crippen molar-refractivity contribution in [3.63, 3.8) is 0 Å². The van der Waals surface area contributed by atoms with Crippen molar-refractivity contribution in [3.8, 4) is 0 Å². The first-order valence-corrected chi connectivity index (χ1v) is 8.97. The summed E-state index contributed by atoms with van der Waals surface area (Å²) in [4.78, 5) is 31.3. The quantitative estimate of drug-likeness (QED) is 0.645. The number of aromatic nitrogens is 4. The molecule has 0 aliphatic rings. The van der Waals surface area contributed by atoms with Crippen LogP contribution in [0, 0.1) is 6.92 Å². The molecular weight excluding hydrogens is 354 g/mol. The van der Waals surface area contributed by atoms with Gasteiger partial charge in [-0.25, -0.2) is 15.0 Å². The standard InChI is InChI=1S/C20H23N7O/c1-14-17(13-25-20(21)26-14)19(28)24-12-15-6-5-10-23-18(15)27(2)11-8-16-7-3-4-9-22-16/h3-7,9-10,13H,8,11-12H2,1-2H3,(H,24,28)(H2,21,25,26). The molecule has 0 bridgehead atoms. The predicted octanol–water partition coefficient (Wildman–Crippen LogP) is 1.77. The van der Waals surface area contributed by atoms with Crippen molar-refractivity contribution >= 4 is 17.7 Å². The molecule has 0 aromatic carbocycles. The molecule has 28 heavy (non-hydrogen) atoms. The molecule has 3 aromatic heterocycles. The molecule has 0 saturated heterocycles. The van der Waals surface area contributed by atoms with Gasteiger partial charge in [0.05, 0.1) is 11.3 Å². The smallest absolute Gasteiger partial charge is 0.254 e. The molecule has 0 unspecified atom stereocenters. The zero-order valence-corrected chi connectivity index (χ0v) is 16.0. The van der Waals surface area contributed by atoms with E-state index in [9.17, 15) is 4.79 Å². The second kappa shape index (κ2) is 8.90. The minimum absolute atomic E-state index is 0.151. The van der Waals surface area contributed by atoms with Gasteiger partial charge in [-0.15, -0.1) is 0 Å². The average molecular weight is 377 g/mol. The Labute approximate surface area is 163 Å². The fourth-order valence-electron chi connectivity index (χ4n) is 2.82. The molecule has 0 atom stereocenters. The number of carbonyl (C=O) groups is 1. The lowest BCUT2D eigenvalue weighted by Gasteiger charge is -2.21. The Hall–Kier alpha value is -3.55. The first-order valence-electron chi connectivity index (χ1n) is 8.97. The maximum absolute atomic E-state index is 12.5. The number of rotatable bonds is 7.